The SMILES string of the molecule is C=C1CC(C(C)C(C)(C)CC)C1. The van der Waals surface area contributed by atoms with Crippen molar-refractivity contribution in [2.24, 2.45) is 17.3 Å². The van der Waals surface area contributed by atoms with Crippen LogP contribution in [0.4, 0.5) is 0 Å². The van der Waals surface area contributed by atoms with Gasteiger partial charge in [0.2, 0.25) is 0 Å². The fourth-order valence-corrected chi connectivity index (χ4v) is 2.00. The molecule has 1 aliphatic carbocycles. The molecular weight excluding hydrogens is 144 g/mol. The van der Waals surface area contributed by atoms with Crippen molar-refractivity contribution in [3.63, 3.8) is 0 Å². The van der Waals surface area contributed by atoms with Gasteiger partial charge in [-0.1, -0.05) is 46.3 Å². The third-order valence-corrected chi connectivity index (χ3v) is 3.95. The Bertz CT molecular complexity index is 168. The van der Waals surface area contributed by atoms with Crippen molar-refractivity contribution >= 4 is 0 Å². The summed E-state index contributed by atoms with van der Waals surface area (Å²) in [4.78, 5) is 0. The first-order valence-corrected chi connectivity index (χ1v) is 5.14. The maximum Gasteiger partial charge on any atom is -0.0289 e. The van der Waals surface area contributed by atoms with Gasteiger partial charge in [0.15, 0.2) is 0 Å². The van der Waals surface area contributed by atoms with Crippen LogP contribution in [0.3, 0.4) is 0 Å². The summed E-state index contributed by atoms with van der Waals surface area (Å²) in [6, 6.07) is 0. The first-order chi connectivity index (χ1) is 5.47. The lowest BCUT2D eigenvalue weighted by molar-refractivity contribution is 0.124. The Morgan fingerprint density at radius 2 is 2.00 bits per heavy atom. The van der Waals surface area contributed by atoms with Crippen LogP contribution >= 0.6 is 0 Å². The summed E-state index contributed by atoms with van der Waals surface area (Å²) >= 11 is 0. The maximum atomic E-state index is 4.00. The highest BCUT2D eigenvalue weighted by Gasteiger charge is 2.35. The van der Waals surface area contributed by atoms with Gasteiger partial charge in [0.05, 0.1) is 0 Å². The molecule has 0 radical (unpaired) electrons. The third kappa shape index (κ3) is 1.73. The summed E-state index contributed by atoms with van der Waals surface area (Å²) in [6.45, 7) is 13.5. The Kier molecular flexibility index (Phi) is 2.65. The summed E-state index contributed by atoms with van der Waals surface area (Å²) in [5.41, 5.74) is 1.98. The van der Waals surface area contributed by atoms with Gasteiger partial charge in [-0.05, 0) is 30.1 Å². The summed E-state index contributed by atoms with van der Waals surface area (Å²) in [7, 11) is 0. The second-order valence-corrected chi connectivity index (χ2v) is 5.05. The minimum Gasteiger partial charge on any atom is -0.0998 e. The highest BCUT2D eigenvalue weighted by molar-refractivity contribution is 5.09. The molecule has 0 spiro atoms. The van der Waals surface area contributed by atoms with Crippen molar-refractivity contribution in [1.29, 1.82) is 0 Å². The molecule has 0 saturated heterocycles. The Balaban J connectivity index is 2.47. The van der Waals surface area contributed by atoms with Crippen molar-refractivity contribution in [1.82, 2.24) is 0 Å². The van der Waals surface area contributed by atoms with E-state index in [9.17, 15) is 0 Å². The molecule has 1 atom stereocenters. The van der Waals surface area contributed by atoms with E-state index < -0.39 is 0 Å². The molecule has 0 heteroatoms. The third-order valence-electron chi connectivity index (χ3n) is 3.95. The zero-order valence-electron chi connectivity index (χ0n) is 8.98. The van der Waals surface area contributed by atoms with Crippen molar-refractivity contribution in [2.45, 2.75) is 47.0 Å². The molecular formula is C12H22. The molecule has 1 aliphatic rings. The normalized spacial score (nSPS) is 22.2. The fraction of sp³-hybridized carbons (Fsp3) is 0.833. The molecule has 0 N–H and O–H groups in total. The van der Waals surface area contributed by atoms with Gasteiger partial charge >= 0.3 is 0 Å². The molecule has 0 bridgehead atoms. The number of hydrogen-bond donors (Lipinski definition) is 0. The molecule has 0 aromatic rings. The van der Waals surface area contributed by atoms with Gasteiger partial charge in [-0.25, -0.2) is 0 Å². The molecule has 0 amide bonds. The summed E-state index contributed by atoms with van der Waals surface area (Å²) < 4.78 is 0. The van der Waals surface area contributed by atoms with Crippen LogP contribution < -0.4 is 0 Å². The van der Waals surface area contributed by atoms with Gasteiger partial charge in [0.25, 0.3) is 0 Å². The Hall–Kier alpha value is -0.260. The fourth-order valence-electron chi connectivity index (χ4n) is 2.00. The predicted molar refractivity (Wildman–Crippen MR) is 55.1 cm³/mol. The molecule has 12 heavy (non-hydrogen) atoms. The van der Waals surface area contributed by atoms with E-state index in [-0.39, 0.29) is 0 Å². The van der Waals surface area contributed by atoms with Gasteiger partial charge in [0.1, 0.15) is 0 Å². The number of rotatable bonds is 3. The van der Waals surface area contributed by atoms with Crippen LogP contribution in [0.15, 0.2) is 12.2 Å². The molecule has 1 rings (SSSR count). The van der Waals surface area contributed by atoms with E-state index in [1.807, 2.05) is 0 Å². The van der Waals surface area contributed by atoms with Crippen molar-refractivity contribution in [2.75, 3.05) is 0 Å². The lowest BCUT2D eigenvalue weighted by Gasteiger charge is -2.42. The first-order valence-electron chi connectivity index (χ1n) is 5.14. The van der Waals surface area contributed by atoms with Gasteiger partial charge < -0.3 is 0 Å². The molecule has 1 saturated carbocycles. The van der Waals surface area contributed by atoms with Crippen LogP contribution in [-0.4, -0.2) is 0 Å². The van der Waals surface area contributed by atoms with E-state index in [0.29, 0.717) is 5.41 Å². The second-order valence-electron chi connectivity index (χ2n) is 5.05. The molecule has 1 unspecified atom stereocenters. The summed E-state index contributed by atoms with van der Waals surface area (Å²) in [5, 5.41) is 0. The molecule has 0 aliphatic heterocycles. The van der Waals surface area contributed by atoms with E-state index in [1.165, 1.54) is 24.8 Å². The quantitative estimate of drug-likeness (QED) is 0.555. The van der Waals surface area contributed by atoms with Crippen molar-refractivity contribution in [3.8, 4) is 0 Å². The lowest BCUT2D eigenvalue weighted by Crippen LogP contribution is -2.32. The molecule has 0 nitrogen and oxygen atoms in total. The number of allylic oxidation sites excluding steroid dienone is 1. The smallest absolute Gasteiger partial charge is 0.0289 e. The predicted octanol–water partition coefficient (Wildman–Crippen LogP) is 4.02. The minimum atomic E-state index is 0.519. The van der Waals surface area contributed by atoms with Crippen molar-refractivity contribution in [3.05, 3.63) is 12.2 Å². The van der Waals surface area contributed by atoms with Gasteiger partial charge in [-0.3, -0.25) is 0 Å². The van der Waals surface area contributed by atoms with Crippen LogP contribution in [0, 0.1) is 17.3 Å². The van der Waals surface area contributed by atoms with E-state index in [2.05, 4.69) is 34.3 Å². The highest BCUT2D eigenvalue weighted by atomic mass is 14.4. The van der Waals surface area contributed by atoms with Crippen LogP contribution in [-0.2, 0) is 0 Å². The Labute approximate surface area is 77.1 Å². The molecule has 1 fully saturated rings. The highest BCUT2D eigenvalue weighted by Crippen LogP contribution is 2.45. The Morgan fingerprint density at radius 1 is 1.50 bits per heavy atom. The molecule has 70 valence electrons. The maximum absolute atomic E-state index is 4.00. The second kappa shape index (κ2) is 3.24. The average Bonchev–Trinajstić information content (AvgIpc) is 1.97. The van der Waals surface area contributed by atoms with Crippen LogP contribution in [0.1, 0.15) is 47.0 Å². The van der Waals surface area contributed by atoms with Gasteiger partial charge in [-0.15, -0.1) is 0 Å². The van der Waals surface area contributed by atoms with Crippen LogP contribution in [0.5, 0.6) is 0 Å². The van der Waals surface area contributed by atoms with Crippen LogP contribution in [0.25, 0.3) is 0 Å². The summed E-state index contributed by atoms with van der Waals surface area (Å²) in [5.74, 6) is 1.78. The minimum absolute atomic E-state index is 0.519. The Morgan fingerprint density at radius 3 is 2.33 bits per heavy atom. The summed E-state index contributed by atoms with van der Waals surface area (Å²) in [6.07, 6.45) is 3.85. The lowest BCUT2D eigenvalue weighted by atomic mass is 9.63. The molecule has 0 heterocycles. The topological polar surface area (TPSA) is 0 Å². The van der Waals surface area contributed by atoms with Gasteiger partial charge in [-0.2, -0.15) is 0 Å². The van der Waals surface area contributed by atoms with E-state index in [1.54, 1.807) is 0 Å². The average molecular weight is 166 g/mol. The largest absolute Gasteiger partial charge is 0.0998 e. The van der Waals surface area contributed by atoms with E-state index in [0.717, 1.165) is 11.8 Å². The zero-order chi connectivity index (χ0) is 9.35. The zero-order valence-corrected chi connectivity index (χ0v) is 8.98. The van der Waals surface area contributed by atoms with E-state index in [4.69, 9.17) is 0 Å². The first kappa shape index (κ1) is 9.83. The monoisotopic (exact) mass is 166 g/mol. The van der Waals surface area contributed by atoms with E-state index >= 15 is 0 Å². The van der Waals surface area contributed by atoms with Gasteiger partial charge in [0, 0.05) is 0 Å². The molecule has 0 aromatic heterocycles. The standard InChI is InChI=1S/C12H22/c1-6-12(4,5)10(3)11-7-9(2)8-11/h10-11H,2,6-8H2,1,3-5H3. The van der Waals surface area contributed by atoms with Crippen molar-refractivity contribution < 1.29 is 0 Å². The molecule has 0 aromatic carbocycles. The number of hydrogen-bond acceptors (Lipinski definition) is 0. The van der Waals surface area contributed by atoms with Crippen LogP contribution in [0.2, 0.25) is 0 Å².